The average Bonchev–Trinajstić information content (AvgIpc) is 2.36. The Morgan fingerprint density at radius 3 is 1.26 bits per heavy atom. The Kier molecular flexibility index (Phi) is 3.94. The zero-order chi connectivity index (χ0) is 13.8. The van der Waals surface area contributed by atoms with Gasteiger partial charge in [-0.3, -0.25) is 0 Å². The van der Waals surface area contributed by atoms with Crippen LogP contribution in [0.3, 0.4) is 0 Å². The molecule has 0 atom stereocenters. The van der Waals surface area contributed by atoms with Crippen LogP contribution in [-0.2, 0) is 0 Å². The first-order valence-corrected chi connectivity index (χ1v) is 5.12. The van der Waals surface area contributed by atoms with Gasteiger partial charge in [0.15, 0.2) is 34.8 Å². The van der Waals surface area contributed by atoms with Crippen molar-refractivity contribution in [1.29, 1.82) is 0 Å². The maximum Gasteiger partial charge on any atom is 0.658 e. The second kappa shape index (κ2) is 5.64. The van der Waals surface area contributed by atoms with Crippen LogP contribution >= 0.6 is 0 Å². The lowest BCUT2D eigenvalue weighted by molar-refractivity contribution is 0.388. The third kappa shape index (κ3) is 2.99. The molecule has 7 heteroatoms. The third-order valence-electron chi connectivity index (χ3n) is 2.17. The first-order chi connectivity index (χ1) is 9.09. The van der Waals surface area contributed by atoms with Crippen molar-refractivity contribution in [3.8, 4) is 11.5 Å². The SMILES string of the molecule is Fc1cccc(F)c1O[B]Oc1c(F)cccc1F. The van der Waals surface area contributed by atoms with Crippen molar-refractivity contribution in [2.24, 2.45) is 0 Å². The Morgan fingerprint density at radius 1 is 0.632 bits per heavy atom. The molecule has 97 valence electrons. The van der Waals surface area contributed by atoms with Gasteiger partial charge in [-0.25, -0.2) is 17.6 Å². The predicted octanol–water partition coefficient (Wildman–Crippen LogP) is 3.24. The molecule has 2 aromatic carbocycles. The van der Waals surface area contributed by atoms with Gasteiger partial charge in [0.1, 0.15) is 0 Å². The Balaban J connectivity index is 2.05. The number of benzene rings is 2. The van der Waals surface area contributed by atoms with Crippen LogP contribution in [0.2, 0.25) is 0 Å². The van der Waals surface area contributed by atoms with Crippen molar-refractivity contribution >= 4 is 7.69 Å². The zero-order valence-corrected chi connectivity index (χ0v) is 9.37. The van der Waals surface area contributed by atoms with Crippen LogP contribution in [0.5, 0.6) is 11.5 Å². The van der Waals surface area contributed by atoms with Crippen LogP contribution in [0.25, 0.3) is 0 Å². The third-order valence-corrected chi connectivity index (χ3v) is 2.17. The smallest absolute Gasteiger partial charge is 0.522 e. The quantitative estimate of drug-likeness (QED) is 0.626. The van der Waals surface area contributed by atoms with Crippen LogP contribution in [0.4, 0.5) is 17.6 Å². The number of hydrogen-bond acceptors (Lipinski definition) is 2. The lowest BCUT2D eigenvalue weighted by Crippen LogP contribution is -2.14. The molecule has 2 rings (SSSR count). The van der Waals surface area contributed by atoms with Gasteiger partial charge in [0.05, 0.1) is 0 Å². The lowest BCUT2D eigenvalue weighted by Gasteiger charge is -2.09. The maximum atomic E-state index is 13.1. The van der Waals surface area contributed by atoms with Crippen LogP contribution in [0, 0.1) is 23.3 Å². The fourth-order valence-corrected chi connectivity index (χ4v) is 1.31. The molecule has 0 aromatic heterocycles. The molecular formula is C12H6BF4O2. The summed E-state index contributed by atoms with van der Waals surface area (Å²) >= 11 is 0. The van der Waals surface area contributed by atoms with Crippen molar-refractivity contribution in [2.45, 2.75) is 0 Å². The lowest BCUT2D eigenvalue weighted by atomic mass is 10.2. The first kappa shape index (κ1) is 13.3. The average molecular weight is 269 g/mol. The normalized spacial score (nSPS) is 10.1. The highest BCUT2D eigenvalue weighted by molar-refractivity contribution is 6.20. The predicted molar refractivity (Wildman–Crippen MR) is 59.7 cm³/mol. The minimum Gasteiger partial charge on any atom is -0.522 e. The summed E-state index contributed by atoms with van der Waals surface area (Å²) in [7, 11) is 0.447. The second-order valence-corrected chi connectivity index (χ2v) is 3.43. The summed E-state index contributed by atoms with van der Waals surface area (Å²) in [5, 5.41) is 0. The van der Waals surface area contributed by atoms with Crippen molar-refractivity contribution in [2.75, 3.05) is 0 Å². The van der Waals surface area contributed by atoms with Crippen molar-refractivity contribution < 1.29 is 26.9 Å². The van der Waals surface area contributed by atoms with E-state index in [9.17, 15) is 17.6 Å². The molecule has 0 fully saturated rings. The standard InChI is InChI=1S/C12H6BF4O2/c14-7-3-1-4-8(15)11(7)18-13-19-12-9(16)5-2-6-10(12)17/h1-6H. The van der Waals surface area contributed by atoms with E-state index in [0.29, 0.717) is 7.69 Å². The van der Waals surface area contributed by atoms with Gasteiger partial charge < -0.3 is 9.31 Å². The van der Waals surface area contributed by atoms with Crippen LogP contribution in [-0.4, -0.2) is 7.69 Å². The van der Waals surface area contributed by atoms with Gasteiger partial charge in [0.2, 0.25) is 0 Å². The van der Waals surface area contributed by atoms with Crippen molar-refractivity contribution in [3.63, 3.8) is 0 Å². The molecule has 2 nitrogen and oxygen atoms in total. The van der Waals surface area contributed by atoms with E-state index in [0.717, 1.165) is 36.4 Å². The minimum atomic E-state index is -0.964. The van der Waals surface area contributed by atoms with E-state index in [1.165, 1.54) is 0 Å². The molecule has 0 spiro atoms. The van der Waals surface area contributed by atoms with Gasteiger partial charge in [-0.15, -0.1) is 0 Å². The topological polar surface area (TPSA) is 18.5 Å². The summed E-state index contributed by atoms with van der Waals surface area (Å²) < 4.78 is 61.7. The molecule has 0 bridgehead atoms. The summed E-state index contributed by atoms with van der Waals surface area (Å²) in [6.45, 7) is 0. The molecule has 2 aromatic rings. The largest absolute Gasteiger partial charge is 0.658 e. The van der Waals surface area contributed by atoms with Gasteiger partial charge in [0.25, 0.3) is 0 Å². The van der Waals surface area contributed by atoms with Crippen LogP contribution in [0.1, 0.15) is 0 Å². The molecule has 0 unspecified atom stereocenters. The van der Waals surface area contributed by atoms with Crippen molar-refractivity contribution in [1.82, 2.24) is 0 Å². The summed E-state index contributed by atoms with van der Waals surface area (Å²) in [5.41, 5.74) is 0. The van der Waals surface area contributed by atoms with E-state index in [-0.39, 0.29) is 0 Å². The Labute approximate surface area is 106 Å². The molecule has 0 heterocycles. The summed E-state index contributed by atoms with van der Waals surface area (Å²) in [6.07, 6.45) is 0. The van der Waals surface area contributed by atoms with E-state index < -0.39 is 34.8 Å². The van der Waals surface area contributed by atoms with Gasteiger partial charge in [-0.1, -0.05) is 12.1 Å². The minimum absolute atomic E-state index is 0.447. The van der Waals surface area contributed by atoms with Crippen LogP contribution in [0.15, 0.2) is 36.4 Å². The molecule has 0 N–H and O–H groups in total. The Bertz CT molecular complexity index is 500. The highest BCUT2D eigenvalue weighted by atomic mass is 19.1. The van der Waals surface area contributed by atoms with E-state index >= 15 is 0 Å². The van der Waals surface area contributed by atoms with Gasteiger partial charge in [0, 0.05) is 0 Å². The fraction of sp³-hybridized carbons (Fsp3) is 0. The number of hydrogen-bond donors (Lipinski definition) is 0. The summed E-state index contributed by atoms with van der Waals surface area (Å²) in [6, 6.07) is 6.17. The first-order valence-electron chi connectivity index (χ1n) is 5.12. The Morgan fingerprint density at radius 2 is 0.947 bits per heavy atom. The molecule has 1 radical (unpaired) electrons. The molecule has 0 aliphatic heterocycles. The van der Waals surface area contributed by atoms with Gasteiger partial charge in [-0.2, -0.15) is 0 Å². The van der Waals surface area contributed by atoms with Crippen LogP contribution < -0.4 is 9.31 Å². The molecule has 0 aliphatic rings. The van der Waals surface area contributed by atoms with E-state index in [2.05, 4.69) is 9.31 Å². The highest BCUT2D eigenvalue weighted by Gasteiger charge is 2.15. The van der Waals surface area contributed by atoms with E-state index in [4.69, 9.17) is 0 Å². The molecule has 0 saturated heterocycles. The van der Waals surface area contributed by atoms with Gasteiger partial charge in [-0.05, 0) is 24.3 Å². The molecular weight excluding hydrogens is 263 g/mol. The Hall–Kier alpha value is -2.18. The van der Waals surface area contributed by atoms with Gasteiger partial charge >= 0.3 is 7.69 Å². The maximum absolute atomic E-state index is 13.1. The number of halogens is 4. The molecule has 0 aliphatic carbocycles. The monoisotopic (exact) mass is 269 g/mol. The number of para-hydroxylation sites is 2. The molecule has 0 amide bonds. The fourth-order valence-electron chi connectivity index (χ4n) is 1.31. The molecule has 19 heavy (non-hydrogen) atoms. The van der Waals surface area contributed by atoms with E-state index in [1.807, 2.05) is 0 Å². The summed E-state index contributed by atoms with van der Waals surface area (Å²) in [4.78, 5) is 0. The second-order valence-electron chi connectivity index (χ2n) is 3.43. The molecule has 0 saturated carbocycles. The van der Waals surface area contributed by atoms with E-state index in [1.54, 1.807) is 0 Å². The highest BCUT2D eigenvalue weighted by Crippen LogP contribution is 2.23. The summed E-state index contributed by atoms with van der Waals surface area (Å²) in [5.74, 6) is -5.30. The zero-order valence-electron chi connectivity index (χ0n) is 9.37. The number of rotatable bonds is 4. The van der Waals surface area contributed by atoms with Crippen molar-refractivity contribution in [3.05, 3.63) is 59.7 Å².